The number of halogens is 4. The molecule has 0 radical (unpaired) electrons. The number of benzene rings is 2. The van der Waals surface area contributed by atoms with E-state index in [0.29, 0.717) is 6.42 Å². The van der Waals surface area contributed by atoms with E-state index in [1.807, 2.05) is 0 Å². The molecule has 0 unspecified atom stereocenters. The Morgan fingerprint density at radius 1 is 0.864 bits per heavy atom. The third-order valence-electron chi connectivity index (χ3n) is 3.21. The van der Waals surface area contributed by atoms with Gasteiger partial charge in [-0.2, -0.15) is 4.39 Å². The Labute approximate surface area is 125 Å². The molecule has 0 saturated carbocycles. The summed E-state index contributed by atoms with van der Waals surface area (Å²) in [7, 11) is 0. The van der Waals surface area contributed by atoms with Crippen molar-refractivity contribution in [2.24, 2.45) is 0 Å². The van der Waals surface area contributed by atoms with Crippen molar-refractivity contribution in [2.45, 2.75) is 20.3 Å². The molecular formula is C17H14F4O. The number of hydrogen-bond donors (Lipinski definition) is 0. The fourth-order valence-corrected chi connectivity index (χ4v) is 2.04. The third-order valence-corrected chi connectivity index (χ3v) is 3.21. The molecule has 2 aromatic rings. The van der Waals surface area contributed by atoms with Gasteiger partial charge in [-0.05, 0) is 31.0 Å². The van der Waals surface area contributed by atoms with Gasteiger partial charge in [0.05, 0.1) is 6.26 Å². The summed E-state index contributed by atoms with van der Waals surface area (Å²) in [6.45, 7) is 3.32. The van der Waals surface area contributed by atoms with Gasteiger partial charge in [-0.3, -0.25) is 0 Å². The summed E-state index contributed by atoms with van der Waals surface area (Å²) in [5.74, 6) is -5.11. The molecule has 0 saturated heterocycles. The largest absolute Gasteiger partial charge is 0.462 e. The van der Waals surface area contributed by atoms with E-state index in [2.05, 4.69) is 0 Å². The van der Waals surface area contributed by atoms with Gasteiger partial charge in [0.15, 0.2) is 23.2 Å². The van der Waals surface area contributed by atoms with Crippen molar-refractivity contribution in [1.82, 2.24) is 0 Å². The van der Waals surface area contributed by atoms with Gasteiger partial charge < -0.3 is 4.74 Å². The molecule has 0 N–H and O–H groups in total. The van der Waals surface area contributed by atoms with Crippen LogP contribution in [0.1, 0.15) is 19.4 Å². The normalized spacial score (nSPS) is 11.2. The average Bonchev–Trinajstić information content (AvgIpc) is 2.52. The first-order chi connectivity index (χ1) is 10.5. The van der Waals surface area contributed by atoms with Crippen molar-refractivity contribution >= 4 is 0 Å². The Morgan fingerprint density at radius 2 is 1.45 bits per heavy atom. The Hall–Kier alpha value is -2.30. The molecule has 0 fully saturated rings. The van der Waals surface area contributed by atoms with Gasteiger partial charge in [0.25, 0.3) is 0 Å². The van der Waals surface area contributed by atoms with Crippen LogP contribution in [-0.4, -0.2) is 0 Å². The lowest BCUT2D eigenvalue weighted by molar-refractivity contribution is 0.415. The van der Waals surface area contributed by atoms with Gasteiger partial charge in [0.2, 0.25) is 5.82 Å². The van der Waals surface area contributed by atoms with Crippen LogP contribution in [0.25, 0.3) is 11.1 Å². The van der Waals surface area contributed by atoms with Crippen LogP contribution >= 0.6 is 0 Å². The number of hydrogen-bond acceptors (Lipinski definition) is 1. The fraction of sp³-hybridized carbons (Fsp3) is 0.176. The van der Waals surface area contributed by atoms with E-state index in [4.69, 9.17) is 4.74 Å². The van der Waals surface area contributed by atoms with Crippen molar-refractivity contribution in [3.05, 3.63) is 65.4 Å². The molecule has 0 amide bonds. The van der Waals surface area contributed by atoms with E-state index in [1.165, 1.54) is 30.5 Å². The molecule has 116 valence electrons. The zero-order valence-corrected chi connectivity index (χ0v) is 12.1. The smallest absolute Gasteiger partial charge is 0.201 e. The van der Waals surface area contributed by atoms with E-state index >= 15 is 0 Å². The van der Waals surface area contributed by atoms with Gasteiger partial charge in [-0.25, -0.2) is 13.2 Å². The lowest BCUT2D eigenvalue weighted by atomic mass is 10.0. The lowest BCUT2D eigenvalue weighted by Gasteiger charge is -2.10. The van der Waals surface area contributed by atoms with Crippen LogP contribution in [0.5, 0.6) is 5.75 Å². The predicted molar refractivity (Wildman–Crippen MR) is 76.5 cm³/mol. The van der Waals surface area contributed by atoms with Gasteiger partial charge in [0, 0.05) is 11.1 Å². The summed E-state index contributed by atoms with van der Waals surface area (Å²) in [4.78, 5) is 0. The fourth-order valence-electron chi connectivity index (χ4n) is 2.04. The zero-order chi connectivity index (χ0) is 16.3. The Bertz CT molecular complexity index is 723. The van der Waals surface area contributed by atoms with Crippen LogP contribution in [0.4, 0.5) is 17.6 Å². The third kappa shape index (κ3) is 2.84. The lowest BCUT2D eigenvalue weighted by Crippen LogP contribution is -1.99. The highest BCUT2D eigenvalue weighted by Crippen LogP contribution is 2.33. The van der Waals surface area contributed by atoms with Crippen LogP contribution in [0.15, 0.2) is 36.6 Å². The number of ether oxygens (including phenoxy) is 1. The quantitative estimate of drug-likeness (QED) is 0.544. The molecule has 22 heavy (non-hydrogen) atoms. The maximum absolute atomic E-state index is 14.1. The highest BCUT2D eigenvalue weighted by molar-refractivity contribution is 5.66. The summed E-state index contributed by atoms with van der Waals surface area (Å²) in [5.41, 5.74) is -0.511. The Balaban J connectivity index is 2.55. The molecule has 0 aliphatic heterocycles. The summed E-state index contributed by atoms with van der Waals surface area (Å²) in [5, 5.41) is 0. The highest BCUT2D eigenvalue weighted by atomic mass is 19.2. The molecular weight excluding hydrogens is 296 g/mol. The number of rotatable bonds is 4. The molecule has 0 aliphatic rings. The predicted octanol–water partition coefficient (Wildman–Crippen LogP) is 5.38. The average molecular weight is 310 g/mol. The van der Waals surface area contributed by atoms with Gasteiger partial charge in [-0.1, -0.05) is 25.1 Å². The van der Waals surface area contributed by atoms with Crippen LogP contribution < -0.4 is 4.74 Å². The second kappa shape index (κ2) is 6.64. The monoisotopic (exact) mass is 310 g/mol. The van der Waals surface area contributed by atoms with Crippen LogP contribution in [0.2, 0.25) is 0 Å². The second-order valence-electron chi connectivity index (χ2n) is 4.58. The topological polar surface area (TPSA) is 9.23 Å². The molecule has 0 atom stereocenters. The summed E-state index contributed by atoms with van der Waals surface area (Å²) >= 11 is 0. The molecule has 2 rings (SSSR count). The summed E-state index contributed by atoms with van der Waals surface area (Å²) in [6.07, 6.45) is 2.99. The van der Waals surface area contributed by atoms with Gasteiger partial charge in [0.1, 0.15) is 0 Å². The molecule has 5 heteroatoms. The minimum absolute atomic E-state index is 0.176. The first-order valence-corrected chi connectivity index (χ1v) is 6.74. The van der Waals surface area contributed by atoms with E-state index in [0.717, 1.165) is 6.07 Å². The van der Waals surface area contributed by atoms with Crippen molar-refractivity contribution < 1.29 is 22.3 Å². The second-order valence-corrected chi connectivity index (χ2v) is 4.58. The first-order valence-electron chi connectivity index (χ1n) is 6.74. The van der Waals surface area contributed by atoms with E-state index in [9.17, 15) is 17.6 Å². The number of allylic oxidation sites excluding steroid dienone is 1. The maximum Gasteiger partial charge on any atom is 0.201 e. The standard InChI is InChI=1S/C17H14F4O/c1-3-9-22-13-8-7-12(16(20)17(13)21)11-6-5-10(4-2)14(18)15(11)19/h3,5-9H,4H2,1-2H3/b9-3+. The number of aryl methyl sites for hydroxylation is 1. The van der Waals surface area contributed by atoms with Gasteiger partial charge in [-0.15, -0.1) is 0 Å². The SMILES string of the molecule is C/C=C/Oc1ccc(-c2ccc(CC)c(F)c2F)c(F)c1F. The van der Waals surface area contributed by atoms with Crippen LogP contribution in [-0.2, 0) is 6.42 Å². The van der Waals surface area contributed by atoms with Gasteiger partial charge >= 0.3 is 0 Å². The minimum atomic E-state index is -1.29. The van der Waals surface area contributed by atoms with Crippen LogP contribution in [0, 0.1) is 23.3 Å². The highest BCUT2D eigenvalue weighted by Gasteiger charge is 2.20. The van der Waals surface area contributed by atoms with E-state index < -0.39 is 23.3 Å². The van der Waals surface area contributed by atoms with E-state index in [-0.39, 0.29) is 22.4 Å². The van der Waals surface area contributed by atoms with E-state index in [1.54, 1.807) is 13.8 Å². The summed E-state index contributed by atoms with van der Waals surface area (Å²) < 4.78 is 60.7. The first kappa shape index (κ1) is 16.1. The zero-order valence-electron chi connectivity index (χ0n) is 12.1. The van der Waals surface area contributed by atoms with Crippen molar-refractivity contribution in [1.29, 1.82) is 0 Å². The maximum atomic E-state index is 14.1. The Kier molecular flexibility index (Phi) is 4.85. The van der Waals surface area contributed by atoms with Crippen molar-refractivity contribution in [3.63, 3.8) is 0 Å². The molecule has 1 nitrogen and oxygen atoms in total. The Morgan fingerprint density at radius 3 is 2.05 bits per heavy atom. The van der Waals surface area contributed by atoms with Crippen molar-refractivity contribution in [3.8, 4) is 16.9 Å². The molecule has 0 aliphatic carbocycles. The van der Waals surface area contributed by atoms with Crippen LogP contribution in [0.3, 0.4) is 0 Å². The molecule has 0 spiro atoms. The molecule has 0 heterocycles. The molecule has 0 aromatic heterocycles. The van der Waals surface area contributed by atoms with Crippen molar-refractivity contribution in [2.75, 3.05) is 0 Å². The molecule has 0 bridgehead atoms. The molecule has 2 aromatic carbocycles. The minimum Gasteiger partial charge on any atom is -0.462 e. The summed E-state index contributed by atoms with van der Waals surface area (Å²) in [6, 6.07) is 4.91.